The first-order valence-corrected chi connectivity index (χ1v) is 7.92. The molecular weight excluding hydrogens is 435 g/mol. The summed E-state index contributed by atoms with van der Waals surface area (Å²) in [6.45, 7) is 0. The van der Waals surface area contributed by atoms with Crippen molar-refractivity contribution in [2.75, 3.05) is 12.4 Å². The fourth-order valence-electron chi connectivity index (χ4n) is 2.62. The second kappa shape index (κ2) is 7.76. The number of ether oxygens (including phenoxy) is 1. The van der Waals surface area contributed by atoms with Gasteiger partial charge in [0.05, 0.1) is 23.8 Å². The van der Waals surface area contributed by atoms with Gasteiger partial charge >= 0.3 is 24.5 Å². The standard InChI is InChI=1S/C17H13F9N2O2/c1-28-4-3-11(17(24,25)26)13(28)27-12(14(29)30-2)8-5-9(15(18,19)20)7-10(6-8)16(21,22)23/h3-7,12,27H,1-2H3. The van der Waals surface area contributed by atoms with E-state index in [9.17, 15) is 44.3 Å². The highest BCUT2D eigenvalue weighted by Crippen LogP contribution is 2.40. The lowest BCUT2D eigenvalue weighted by Gasteiger charge is -2.22. The molecule has 30 heavy (non-hydrogen) atoms. The molecule has 0 radical (unpaired) electrons. The molecule has 0 fully saturated rings. The van der Waals surface area contributed by atoms with Gasteiger partial charge in [0.25, 0.3) is 0 Å². The molecule has 2 rings (SSSR count). The van der Waals surface area contributed by atoms with Crippen molar-refractivity contribution in [3.63, 3.8) is 0 Å². The molecular formula is C17H13F9N2O2. The van der Waals surface area contributed by atoms with Gasteiger partial charge < -0.3 is 14.6 Å². The van der Waals surface area contributed by atoms with E-state index in [1.807, 2.05) is 0 Å². The molecule has 0 aliphatic carbocycles. The highest BCUT2D eigenvalue weighted by Gasteiger charge is 2.40. The maximum Gasteiger partial charge on any atom is 0.419 e. The molecule has 1 atom stereocenters. The van der Waals surface area contributed by atoms with E-state index in [-0.39, 0.29) is 18.2 Å². The third-order valence-corrected chi connectivity index (χ3v) is 4.04. The first kappa shape index (κ1) is 23.4. The molecule has 13 heteroatoms. The Balaban J connectivity index is 2.67. The summed E-state index contributed by atoms with van der Waals surface area (Å²) in [5.74, 6) is -2.14. The third-order valence-electron chi connectivity index (χ3n) is 4.04. The van der Waals surface area contributed by atoms with Gasteiger partial charge in [-0.3, -0.25) is 0 Å². The van der Waals surface area contributed by atoms with Crippen molar-refractivity contribution >= 4 is 11.8 Å². The van der Waals surface area contributed by atoms with Gasteiger partial charge in [-0.1, -0.05) is 0 Å². The molecule has 1 heterocycles. The van der Waals surface area contributed by atoms with Crippen LogP contribution in [0.15, 0.2) is 30.5 Å². The summed E-state index contributed by atoms with van der Waals surface area (Å²) in [6, 6.07) is -1.15. The van der Waals surface area contributed by atoms with Crippen molar-refractivity contribution < 1.29 is 49.0 Å². The van der Waals surface area contributed by atoms with Crippen LogP contribution >= 0.6 is 0 Å². The molecule has 0 aliphatic heterocycles. The van der Waals surface area contributed by atoms with Crippen LogP contribution < -0.4 is 5.32 Å². The van der Waals surface area contributed by atoms with Gasteiger partial charge in [-0.2, -0.15) is 39.5 Å². The Kier molecular flexibility index (Phi) is 6.06. The number of alkyl halides is 9. The number of esters is 1. The Labute approximate surface area is 163 Å². The zero-order valence-electron chi connectivity index (χ0n) is 15.1. The van der Waals surface area contributed by atoms with Crippen LogP contribution in [0.1, 0.15) is 28.3 Å². The molecule has 0 saturated heterocycles. The van der Waals surface area contributed by atoms with Gasteiger partial charge in [0.1, 0.15) is 5.82 Å². The molecule has 0 saturated carbocycles. The Morgan fingerprint density at radius 3 is 1.83 bits per heavy atom. The maximum atomic E-state index is 13.2. The zero-order valence-corrected chi connectivity index (χ0v) is 15.1. The number of aryl methyl sites for hydroxylation is 1. The van der Waals surface area contributed by atoms with E-state index in [1.54, 1.807) is 0 Å². The summed E-state index contributed by atoms with van der Waals surface area (Å²) in [5.41, 5.74) is -5.61. The monoisotopic (exact) mass is 448 g/mol. The lowest BCUT2D eigenvalue weighted by molar-refractivity contribution is -0.145. The summed E-state index contributed by atoms with van der Waals surface area (Å²) in [4.78, 5) is 12.1. The van der Waals surface area contributed by atoms with Crippen LogP contribution in [0.5, 0.6) is 0 Å². The molecule has 1 unspecified atom stereocenters. The van der Waals surface area contributed by atoms with E-state index in [2.05, 4.69) is 10.1 Å². The number of halogens is 9. The number of methoxy groups -OCH3 is 1. The van der Waals surface area contributed by atoms with Crippen molar-refractivity contribution in [2.45, 2.75) is 24.6 Å². The third kappa shape index (κ3) is 5.00. The first-order chi connectivity index (χ1) is 13.6. The molecule has 1 aromatic heterocycles. The van der Waals surface area contributed by atoms with Crippen LogP contribution in [0.3, 0.4) is 0 Å². The number of nitrogens with zero attached hydrogens (tertiary/aromatic N) is 1. The van der Waals surface area contributed by atoms with Gasteiger partial charge in [0.2, 0.25) is 0 Å². The molecule has 4 nitrogen and oxygen atoms in total. The summed E-state index contributed by atoms with van der Waals surface area (Å²) in [7, 11) is 1.92. The van der Waals surface area contributed by atoms with Gasteiger partial charge in [-0.05, 0) is 29.8 Å². The second-order valence-electron chi connectivity index (χ2n) is 6.13. The number of anilines is 1. The molecule has 0 spiro atoms. The number of carbonyl (C=O) groups excluding carboxylic acids is 1. The highest BCUT2D eigenvalue weighted by molar-refractivity contribution is 5.81. The lowest BCUT2D eigenvalue weighted by Crippen LogP contribution is -2.26. The molecule has 166 valence electrons. The molecule has 0 aliphatic rings. The minimum absolute atomic E-state index is 0.165. The van der Waals surface area contributed by atoms with Crippen molar-refractivity contribution in [3.8, 4) is 0 Å². The quantitative estimate of drug-likeness (QED) is 0.503. The lowest BCUT2D eigenvalue weighted by atomic mass is 9.99. The fourth-order valence-corrected chi connectivity index (χ4v) is 2.62. The summed E-state index contributed by atoms with van der Waals surface area (Å²) in [6.07, 6.45) is -14.4. The SMILES string of the molecule is COC(=O)C(Nc1c(C(F)(F)F)ccn1C)c1cc(C(F)(F)F)cc(C(F)(F)F)c1. The molecule has 1 N–H and O–H groups in total. The Morgan fingerprint density at radius 2 is 1.43 bits per heavy atom. The van der Waals surface area contributed by atoms with Crippen LogP contribution in [0.25, 0.3) is 0 Å². The van der Waals surface area contributed by atoms with Crippen LogP contribution in [-0.4, -0.2) is 17.6 Å². The average molecular weight is 448 g/mol. The normalized spacial score (nSPS) is 13.8. The topological polar surface area (TPSA) is 43.3 Å². The molecule has 2 aromatic rings. The number of hydrogen-bond donors (Lipinski definition) is 1. The fraction of sp³-hybridized carbons (Fsp3) is 0.353. The Morgan fingerprint density at radius 1 is 0.933 bits per heavy atom. The molecule has 1 aromatic carbocycles. The predicted molar refractivity (Wildman–Crippen MR) is 85.2 cm³/mol. The Bertz CT molecular complexity index is 895. The highest BCUT2D eigenvalue weighted by atomic mass is 19.4. The smallest absolute Gasteiger partial charge is 0.419 e. The predicted octanol–water partition coefficient (Wildman–Crippen LogP) is 5.41. The number of rotatable bonds is 4. The van der Waals surface area contributed by atoms with Crippen molar-refractivity contribution in [1.29, 1.82) is 0 Å². The Hall–Kier alpha value is -2.86. The average Bonchev–Trinajstić information content (AvgIpc) is 2.97. The van der Waals surface area contributed by atoms with Crippen LogP contribution in [-0.2, 0) is 35.1 Å². The summed E-state index contributed by atoms with van der Waals surface area (Å²) in [5, 5.41) is 2.06. The van der Waals surface area contributed by atoms with E-state index in [0.29, 0.717) is 6.07 Å². The van der Waals surface area contributed by atoms with Gasteiger partial charge in [-0.25, -0.2) is 4.79 Å². The molecule has 0 bridgehead atoms. The van der Waals surface area contributed by atoms with Crippen molar-refractivity contribution in [2.24, 2.45) is 7.05 Å². The number of benzene rings is 1. The van der Waals surface area contributed by atoms with Crippen LogP contribution in [0.2, 0.25) is 0 Å². The van der Waals surface area contributed by atoms with Gasteiger partial charge in [0, 0.05) is 13.2 Å². The number of aromatic nitrogens is 1. The summed E-state index contributed by atoms with van der Waals surface area (Å²) < 4.78 is 123. The van der Waals surface area contributed by atoms with Gasteiger partial charge in [-0.15, -0.1) is 0 Å². The van der Waals surface area contributed by atoms with E-state index in [1.165, 1.54) is 0 Å². The molecule has 0 amide bonds. The maximum absolute atomic E-state index is 13.2. The number of hydrogen-bond acceptors (Lipinski definition) is 3. The summed E-state index contributed by atoms with van der Waals surface area (Å²) >= 11 is 0. The second-order valence-corrected chi connectivity index (χ2v) is 6.13. The van der Waals surface area contributed by atoms with E-state index in [4.69, 9.17) is 0 Å². The van der Waals surface area contributed by atoms with Crippen molar-refractivity contribution in [3.05, 3.63) is 52.7 Å². The van der Waals surface area contributed by atoms with Crippen molar-refractivity contribution in [1.82, 2.24) is 4.57 Å². The van der Waals surface area contributed by atoms with Crippen LogP contribution in [0.4, 0.5) is 45.3 Å². The zero-order chi connectivity index (χ0) is 23.1. The first-order valence-electron chi connectivity index (χ1n) is 7.92. The number of nitrogens with one attached hydrogen (secondary N) is 1. The van der Waals surface area contributed by atoms with Gasteiger partial charge in [0.15, 0.2) is 6.04 Å². The van der Waals surface area contributed by atoms with E-state index < -0.39 is 58.6 Å². The van der Waals surface area contributed by atoms with Crippen LogP contribution in [0, 0.1) is 0 Å². The minimum atomic E-state index is -5.21. The largest absolute Gasteiger partial charge is 0.467 e. The number of carbonyl (C=O) groups is 1. The van der Waals surface area contributed by atoms with E-state index >= 15 is 0 Å². The van der Waals surface area contributed by atoms with E-state index in [0.717, 1.165) is 24.9 Å². The minimum Gasteiger partial charge on any atom is -0.467 e.